The lowest BCUT2D eigenvalue weighted by molar-refractivity contribution is -0.137. The molecule has 1 heterocycles. The average Bonchev–Trinajstić information content (AvgIpc) is 2.56. The molecule has 24 heavy (non-hydrogen) atoms. The Bertz CT molecular complexity index is 899. The summed E-state index contributed by atoms with van der Waals surface area (Å²) in [6.45, 7) is 0. The van der Waals surface area contributed by atoms with Crippen molar-refractivity contribution in [3.63, 3.8) is 0 Å². The number of hydrogen-bond donors (Lipinski definition) is 1. The predicted octanol–water partition coefficient (Wildman–Crippen LogP) is 5.05. The maximum Gasteiger partial charge on any atom is 0.416 e. The lowest BCUT2D eigenvalue weighted by Crippen LogP contribution is -2.06. The number of aromatic nitrogens is 2. The first-order valence-electron chi connectivity index (χ1n) is 6.82. The monoisotopic (exact) mass is 353 g/mol. The number of rotatable bonds is 3. The first-order chi connectivity index (χ1) is 11.4. The highest BCUT2D eigenvalue weighted by atomic mass is 35.5. The summed E-state index contributed by atoms with van der Waals surface area (Å²) in [6, 6.07) is 10.4. The third-order valence-electron chi connectivity index (χ3n) is 3.37. The Kier molecular flexibility index (Phi) is 4.19. The van der Waals surface area contributed by atoms with Gasteiger partial charge in [0.25, 0.3) is 0 Å². The molecule has 0 unspecified atom stereocenters. The number of halogens is 4. The van der Waals surface area contributed by atoms with E-state index in [-0.39, 0.29) is 16.6 Å². The first kappa shape index (κ1) is 16.3. The molecule has 2 aromatic carbocycles. The number of anilines is 2. The number of ether oxygens (including phenoxy) is 1. The Balaban J connectivity index is 2.07. The third kappa shape index (κ3) is 3.21. The van der Waals surface area contributed by atoms with Crippen LogP contribution in [0.5, 0.6) is 5.75 Å². The molecule has 0 aliphatic heterocycles. The van der Waals surface area contributed by atoms with Crippen molar-refractivity contribution in [1.29, 1.82) is 0 Å². The molecule has 0 spiro atoms. The molecule has 0 aliphatic carbocycles. The minimum atomic E-state index is -4.49. The third-order valence-corrected chi connectivity index (χ3v) is 3.65. The Morgan fingerprint density at radius 3 is 2.42 bits per heavy atom. The van der Waals surface area contributed by atoms with Gasteiger partial charge in [0.15, 0.2) is 11.0 Å². The van der Waals surface area contributed by atoms with Gasteiger partial charge in [-0.25, -0.2) is 0 Å². The van der Waals surface area contributed by atoms with E-state index in [0.717, 1.165) is 12.1 Å². The van der Waals surface area contributed by atoms with Crippen molar-refractivity contribution in [2.75, 3.05) is 12.4 Å². The van der Waals surface area contributed by atoms with Crippen LogP contribution in [0.1, 0.15) is 5.56 Å². The summed E-state index contributed by atoms with van der Waals surface area (Å²) >= 11 is 5.99. The molecule has 0 fully saturated rings. The van der Waals surface area contributed by atoms with Crippen molar-refractivity contribution >= 4 is 33.9 Å². The Labute approximate surface area is 140 Å². The summed E-state index contributed by atoms with van der Waals surface area (Å²) in [5.41, 5.74) is -0.640. The van der Waals surface area contributed by atoms with Gasteiger partial charge >= 0.3 is 6.18 Å². The van der Waals surface area contributed by atoms with Crippen LogP contribution >= 0.6 is 11.6 Å². The molecule has 3 aromatic rings. The summed E-state index contributed by atoms with van der Waals surface area (Å²) < 4.78 is 43.9. The highest BCUT2D eigenvalue weighted by Gasteiger charge is 2.31. The standard InChI is InChI=1S/C16H11ClF3N3O/c1-24-11-7-9(16(18,19)20)6-10(8-11)21-15-13-5-3-2-4-12(13)14(17)22-23-15/h2-8H,1H3,(H,21,23). The smallest absolute Gasteiger partial charge is 0.416 e. The van der Waals surface area contributed by atoms with Gasteiger partial charge in [-0.15, -0.1) is 10.2 Å². The zero-order valence-electron chi connectivity index (χ0n) is 12.4. The number of fused-ring (bicyclic) bond motifs is 1. The van der Waals surface area contributed by atoms with Crippen molar-refractivity contribution in [1.82, 2.24) is 10.2 Å². The normalized spacial score (nSPS) is 11.5. The molecule has 0 radical (unpaired) electrons. The number of benzene rings is 2. The van der Waals surface area contributed by atoms with Gasteiger partial charge in [-0.2, -0.15) is 13.2 Å². The van der Waals surface area contributed by atoms with E-state index in [0.29, 0.717) is 16.6 Å². The summed E-state index contributed by atoms with van der Waals surface area (Å²) in [5.74, 6) is 0.384. The Morgan fingerprint density at radius 2 is 1.75 bits per heavy atom. The number of nitrogens with zero attached hydrogens (tertiary/aromatic N) is 2. The average molecular weight is 354 g/mol. The molecular weight excluding hydrogens is 343 g/mol. The SMILES string of the molecule is COc1cc(Nc2nnc(Cl)c3ccccc23)cc(C(F)(F)F)c1. The van der Waals surface area contributed by atoms with Crippen molar-refractivity contribution in [3.8, 4) is 5.75 Å². The van der Waals surface area contributed by atoms with Crippen LogP contribution in [0.4, 0.5) is 24.7 Å². The van der Waals surface area contributed by atoms with E-state index in [4.69, 9.17) is 16.3 Å². The second-order valence-corrected chi connectivity index (χ2v) is 5.32. The van der Waals surface area contributed by atoms with E-state index in [1.165, 1.54) is 13.2 Å². The zero-order valence-corrected chi connectivity index (χ0v) is 13.1. The van der Waals surface area contributed by atoms with Gasteiger partial charge in [-0.1, -0.05) is 35.9 Å². The van der Waals surface area contributed by atoms with Crippen molar-refractivity contribution < 1.29 is 17.9 Å². The molecule has 8 heteroatoms. The van der Waals surface area contributed by atoms with Crippen LogP contribution in [-0.2, 0) is 6.18 Å². The highest BCUT2D eigenvalue weighted by molar-refractivity contribution is 6.34. The van der Waals surface area contributed by atoms with Gasteiger partial charge in [-0.05, 0) is 12.1 Å². The molecule has 1 aromatic heterocycles. The Hall–Kier alpha value is -2.54. The van der Waals surface area contributed by atoms with Crippen molar-refractivity contribution in [2.24, 2.45) is 0 Å². The second kappa shape index (κ2) is 6.16. The van der Waals surface area contributed by atoms with Gasteiger partial charge < -0.3 is 10.1 Å². The van der Waals surface area contributed by atoms with Gasteiger partial charge in [0.1, 0.15) is 5.75 Å². The molecule has 0 atom stereocenters. The quantitative estimate of drug-likeness (QED) is 0.715. The second-order valence-electron chi connectivity index (χ2n) is 4.96. The minimum absolute atomic E-state index is 0.0820. The summed E-state index contributed by atoms with van der Waals surface area (Å²) in [6.07, 6.45) is -4.49. The van der Waals surface area contributed by atoms with Crippen LogP contribution in [0.2, 0.25) is 5.15 Å². The Morgan fingerprint density at radius 1 is 1.04 bits per heavy atom. The number of nitrogens with one attached hydrogen (secondary N) is 1. The maximum absolute atomic E-state index is 13.0. The highest BCUT2D eigenvalue weighted by Crippen LogP contribution is 2.35. The number of methoxy groups -OCH3 is 1. The summed E-state index contributed by atoms with van der Waals surface area (Å²) in [4.78, 5) is 0. The first-order valence-corrected chi connectivity index (χ1v) is 7.20. The summed E-state index contributed by atoms with van der Waals surface area (Å²) in [5, 5.41) is 12.1. The van der Waals surface area contributed by atoms with Gasteiger partial charge in [-0.3, -0.25) is 0 Å². The lowest BCUT2D eigenvalue weighted by atomic mass is 10.1. The topological polar surface area (TPSA) is 47.0 Å². The molecule has 124 valence electrons. The van der Waals surface area contributed by atoms with E-state index in [9.17, 15) is 13.2 Å². The van der Waals surface area contributed by atoms with Crippen LogP contribution in [0, 0.1) is 0 Å². The predicted molar refractivity (Wildman–Crippen MR) is 85.8 cm³/mol. The van der Waals surface area contributed by atoms with Crippen LogP contribution in [-0.4, -0.2) is 17.3 Å². The molecule has 0 saturated carbocycles. The molecular formula is C16H11ClF3N3O. The van der Waals surface area contributed by atoms with Crippen LogP contribution in [0.3, 0.4) is 0 Å². The lowest BCUT2D eigenvalue weighted by Gasteiger charge is -2.13. The van der Waals surface area contributed by atoms with E-state index in [2.05, 4.69) is 15.5 Å². The van der Waals surface area contributed by atoms with E-state index in [1.807, 2.05) is 0 Å². The fraction of sp³-hybridized carbons (Fsp3) is 0.125. The molecule has 0 saturated heterocycles. The molecule has 0 amide bonds. The summed E-state index contributed by atoms with van der Waals surface area (Å²) in [7, 11) is 1.30. The van der Waals surface area contributed by atoms with E-state index in [1.54, 1.807) is 24.3 Å². The van der Waals surface area contributed by atoms with Crippen LogP contribution < -0.4 is 10.1 Å². The van der Waals surface area contributed by atoms with Gasteiger partial charge in [0.05, 0.1) is 12.7 Å². The zero-order chi connectivity index (χ0) is 17.3. The van der Waals surface area contributed by atoms with E-state index >= 15 is 0 Å². The van der Waals surface area contributed by atoms with Gasteiger partial charge in [0, 0.05) is 22.5 Å². The van der Waals surface area contributed by atoms with Crippen LogP contribution in [0.25, 0.3) is 10.8 Å². The molecule has 3 rings (SSSR count). The number of alkyl halides is 3. The maximum atomic E-state index is 13.0. The molecule has 1 N–H and O–H groups in total. The fourth-order valence-corrected chi connectivity index (χ4v) is 2.46. The minimum Gasteiger partial charge on any atom is -0.497 e. The van der Waals surface area contributed by atoms with E-state index < -0.39 is 11.7 Å². The fourth-order valence-electron chi connectivity index (χ4n) is 2.25. The molecule has 4 nitrogen and oxygen atoms in total. The largest absolute Gasteiger partial charge is 0.497 e. The van der Waals surface area contributed by atoms with Crippen molar-refractivity contribution in [3.05, 3.63) is 53.2 Å². The molecule has 0 aliphatic rings. The molecule has 0 bridgehead atoms. The van der Waals surface area contributed by atoms with Crippen molar-refractivity contribution in [2.45, 2.75) is 6.18 Å². The van der Waals surface area contributed by atoms with Gasteiger partial charge in [0.2, 0.25) is 0 Å². The number of hydrogen-bond acceptors (Lipinski definition) is 4. The van der Waals surface area contributed by atoms with Crippen LogP contribution in [0.15, 0.2) is 42.5 Å².